The molecule has 0 spiro atoms. The Balaban J connectivity index is 2.33. The summed E-state index contributed by atoms with van der Waals surface area (Å²) in [6.07, 6.45) is -1.77. The van der Waals surface area contributed by atoms with Crippen molar-refractivity contribution in [3.05, 3.63) is 63.4 Å². The molecule has 112 valence electrons. The molecule has 0 saturated carbocycles. The molecule has 0 radical (unpaired) electrons. The van der Waals surface area contributed by atoms with Gasteiger partial charge in [0.15, 0.2) is 11.6 Å². The zero-order chi connectivity index (χ0) is 15.6. The molecule has 21 heavy (non-hydrogen) atoms. The Morgan fingerprint density at radius 2 is 1.81 bits per heavy atom. The molecule has 0 aromatic heterocycles. The lowest BCUT2D eigenvalue weighted by Gasteiger charge is -2.15. The molecule has 6 heteroatoms. The van der Waals surface area contributed by atoms with Crippen LogP contribution in [-0.2, 0) is 6.42 Å². The minimum atomic E-state index is -1.50. The summed E-state index contributed by atoms with van der Waals surface area (Å²) in [5.41, 5.74) is -0.371. The summed E-state index contributed by atoms with van der Waals surface area (Å²) in [6.45, 7) is 0. The number of methoxy groups -OCH3 is 1. The third-order valence-electron chi connectivity index (χ3n) is 3.05. The van der Waals surface area contributed by atoms with Crippen LogP contribution in [-0.4, -0.2) is 12.2 Å². The Kier molecular flexibility index (Phi) is 4.90. The molecular weight excluding hydrogens is 349 g/mol. The molecule has 0 amide bonds. The minimum absolute atomic E-state index is 0.0106. The molecule has 1 atom stereocenters. The number of aliphatic hydroxyl groups excluding tert-OH is 1. The van der Waals surface area contributed by atoms with Crippen LogP contribution in [0.15, 0.2) is 34.8 Å². The van der Waals surface area contributed by atoms with Crippen LogP contribution < -0.4 is 4.74 Å². The van der Waals surface area contributed by atoms with Crippen molar-refractivity contribution in [1.82, 2.24) is 0 Å². The smallest absolute Gasteiger partial charge is 0.168 e. The molecule has 0 aliphatic carbocycles. The fourth-order valence-corrected chi connectivity index (χ4v) is 2.46. The zero-order valence-electron chi connectivity index (χ0n) is 11.0. The topological polar surface area (TPSA) is 29.5 Å². The van der Waals surface area contributed by atoms with Crippen molar-refractivity contribution >= 4 is 15.9 Å². The first kappa shape index (κ1) is 15.9. The third kappa shape index (κ3) is 3.39. The third-order valence-corrected chi connectivity index (χ3v) is 3.51. The highest BCUT2D eigenvalue weighted by molar-refractivity contribution is 9.10. The summed E-state index contributed by atoms with van der Waals surface area (Å²) in [5.74, 6) is -2.43. The van der Waals surface area contributed by atoms with E-state index in [1.165, 1.54) is 25.3 Å². The second kappa shape index (κ2) is 6.49. The molecule has 0 aliphatic rings. The van der Waals surface area contributed by atoms with Crippen molar-refractivity contribution in [2.45, 2.75) is 12.5 Å². The number of benzene rings is 2. The highest BCUT2D eigenvalue weighted by Crippen LogP contribution is 2.29. The Morgan fingerprint density at radius 3 is 2.38 bits per heavy atom. The maximum absolute atomic E-state index is 14.0. The zero-order valence-corrected chi connectivity index (χ0v) is 12.6. The second-order valence-corrected chi connectivity index (χ2v) is 5.35. The van der Waals surface area contributed by atoms with E-state index in [0.29, 0.717) is 0 Å². The number of hydrogen-bond donors (Lipinski definition) is 1. The molecule has 2 aromatic rings. The van der Waals surface area contributed by atoms with Gasteiger partial charge < -0.3 is 9.84 Å². The van der Waals surface area contributed by atoms with Gasteiger partial charge in [0.05, 0.1) is 18.8 Å². The van der Waals surface area contributed by atoms with Crippen LogP contribution in [0.1, 0.15) is 17.2 Å². The largest absolute Gasteiger partial charge is 0.494 e. The van der Waals surface area contributed by atoms with E-state index < -0.39 is 29.1 Å². The van der Waals surface area contributed by atoms with E-state index in [-0.39, 0.29) is 22.2 Å². The molecular formula is C15H12BrF3O2. The molecule has 2 rings (SSSR count). The van der Waals surface area contributed by atoms with Crippen LogP contribution in [0, 0.1) is 17.5 Å². The summed E-state index contributed by atoms with van der Waals surface area (Å²) in [6, 6.07) is 6.48. The van der Waals surface area contributed by atoms with Gasteiger partial charge in [-0.1, -0.05) is 28.1 Å². The van der Waals surface area contributed by atoms with Gasteiger partial charge in [0.1, 0.15) is 11.6 Å². The van der Waals surface area contributed by atoms with E-state index in [2.05, 4.69) is 15.9 Å². The lowest BCUT2D eigenvalue weighted by Crippen LogP contribution is -2.09. The van der Waals surface area contributed by atoms with Gasteiger partial charge in [0, 0.05) is 10.9 Å². The lowest BCUT2D eigenvalue weighted by atomic mass is 10.00. The van der Waals surface area contributed by atoms with Gasteiger partial charge in [-0.3, -0.25) is 0 Å². The summed E-state index contributed by atoms with van der Waals surface area (Å²) in [4.78, 5) is 0. The predicted octanol–water partition coefficient (Wildman–Crippen LogP) is 4.15. The van der Waals surface area contributed by atoms with Crippen molar-refractivity contribution < 1.29 is 23.0 Å². The summed E-state index contributed by atoms with van der Waals surface area (Å²) in [5, 5.41) is 10.0. The first-order valence-electron chi connectivity index (χ1n) is 6.08. The van der Waals surface area contributed by atoms with Crippen LogP contribution in [0.5, 0.6) is 5.75 Å². The van der Waals surface area contributed by atoms with Crippen LogP contribution in [0.4, 0.5) is 13.2 Å². The molecule has 0 saturated heterocycles. The van der Waals surface area contributed by atoms with E-state index in [0.717, 1.165) is 12.1 Å². The molecule has 1 N–H and O–H groups in total. The summed E-state index contributed by atoms with van der Waals surface area (Å²) < 4.78 is 46.6. The van der Waals surface area contributed by atoms with Crippen LogP contribution in [0.25, 0.3) is 0 Å². The van der Waals surface area contributed by atoms with Gasteiger partial charge >= 0.3 is 0 Å². The fraction of sp³-hybridized carbons (Fsp3) is 0.200. The van der Waals surface area contributed by atoms with Crippen molar-refractivity contribution in [2.75, 3.05) is 7.11 Å². The van der Waals surface area contributed by atoms with E-state index in [1.807, 2.05) is 0 Å². The lowest BCUT2D eigenvalue weighted by molar-refractivity contribution is 0.167. The number of hydrogen-bond acceptors (Lipinski definition) is 2. The molecule has 0 bridgehead atoms. The molecule has 1 unspecified atom stereocenters. The quantitative estimate of drug-likeness (QED) is 0.887. The highest BCUT2D eigenvalue weighted by atomic mass is 79.9. The predicted molar refractivity (Wildman–Crippen MR) is 75.7 cm³/mol. The normalized spacial score (nSPS) is 12.3. The van der Waals surface area contributed by atoms with E-state index in [9.17, 15) is 18.3 Å². The van der Waals surface area contributed by atoms with Gasteiger partial charge in [0.25, 0.3) is 0 Å². The SMILES string of the molecule is COc1cccc(CC(O)c2c(F)cc(Br)cc2F)c1F. The Bertz CT molecular complexity index is 638. The van der Waals surface area contributed by atoms with Gasteiger partial charge in [-0.2, -0.15) is 0 Å². The fourth-order valence-electron chi connectivity index (χ4n) is 2.05. The monoisotopic (exact) mass is 360 g/mol. The summed E-state index contributed by atoms with van der Waals surface area (Å²) in [7, 11) is 1.31. The van der Waals surface area contributed by atoms with Crippen molar-refractivity contribution in [2.24, 2.45) is 0 Å². The maximum Gasteiger partial charge on any atom is 0.168 e. The van der Waals surface area contributed by atoms with E-state index >= 15 is 0 Å². The van der Waals surface area contributed by atoms with Crippen molar-refractivity contribution in [3.63, 3.8) is 0 Å². The molecule has 2 nitrogen and oxygen atoms in total. The van der Waals surface area contributed by atoms with E-state index in [4.69, 9.17) is 4.74 Å². The first-order chi connectivity index (χ1) is 9.93. The van der Waals surface area contributed by atoms with Crippen LogP contribution >= 0.6 is 15.9 Å². The first-order valence-corrected chi connectivity index (χ1v) is 6.87. The average Bonchev–Trinajstić information content (AvgIpc) is 2.40. The second-order valence-electron chi connectivity index (χ2n) is 4.44. The molecule has 0 fully saturated rings. The number of halogens is 4. The standard InChI is InChI=1S/C15H12BrF3O2/c1-21-13-4-2-3-8(15(13)19)5-12(20)14-10(17)6-9(16)7-11(14)18/h2-4,6-7,12,20H,5H2,1H3. The van der Waals surface area contributed by atoms with Crippen molar-refractivity contribution in [1.29, 1.82) is 0 Å². The van der Waals surface area contributed by atoms with Gasteiger partial charge in [-0.25, -0.2) is 13.2 Å². The Labute approximate surface area is 128 Å². The number of aliphatic hydroxyl groups is 1. The van der Waals surface area contributed by atoms with Crippen LogP contribution in [0.3, 0.4) is 0 Å². The Morgan fingerprint density at radius 1 is 1.19 bits per heavy atom. The van der Waals surface area contributed by atoms with Crippen molar-refractivity contribution in [3.8, 4) is 5.75 Å². The molecule has 2 aromatic carbocycles. The van der Waals surface area contributed by atoms with Gasteiger partial charge in [-0.15, -0.1) is 0 Å². The number of ether oxygens (including phenoxy) is 1. The summed E-state index contributed by atoms with van der Waals surface area (Å²) >= 11 is 2.96. The van der Waals surface area contributed by atoms with Gasteiger partial charge in [0.2, 0.25) is 0 Å². The molecule has 0 heterocycles. The highest BCUT2D eigenvalue weighted by Gasteiger charge is 2.21. The number of rotatable bonds is 4. The maximum atomic E-state index is 14.0. The average molecular weight is 361 g/mol. The van der Waals surface area contributed by atoms with E-state index in [1.54, 1.807) is 0 Å². The Hall–Kier alpha value is -1.53. The van der Waals surface area contributed by atoms with Crippen LogP contribution in [0.2, 0.25) is 0 Å². The van der Waals surface area contributed by atoms with Gasteiger partial charge in [-0.05, 0) is 23.8 Å². The minimum Gasteiger partial charge on any atom is -0.494 e. The molecule has 0 aliphatic heterocycles.